The Labute approximate surface area is 201 Å². The molecule has 34 heavy (non-hydrogen) atoms. The van der Waals surface area contributed by atoms with E-state index in [-0.39, 0.29) is 5.91 Å². The maximum Gasteiger partial charge on any atom is 0.244 e. The highest BCUT2D eigenvalue weighted by molar-refractivity contribution is 6.00. The van der Waals surface area contributed by atoms with Crippen LogP contribution in [0.3, 0.4) is 0 Å². The highest BCUT2D eigenvalue weighted by atomic mass is 16.5. The van der Waals surface area contributed by atoms with Crippen LogP contribution >= 0.6 is 0 Å². The first-order chi connectivity index (χ1) is 16.5. The Balaban J connectivity index is 1.51. The molecule has 2 aromatic carbocycles. The van der Waals surface area contributed by atoms with Crippen molar-refractivity contribution in [3.05, 3.63) is 71.5 Å². The molecule has 0 atom stereocenters. The Kier molecular flexibility index (Phi) is 6.83. The predicted octanol–water partition coefficient (Wildman–Crippen LogP) is 6.40. The van der Waals surface area contributed by atoms with Gasteiger partial charge in [0.1, 0.15) is 17.8 Å². The molecule has 0 aromatic heterocycles. The molecule has 2 aliphatic rings. The van der Waals surface area contributed by atoms with E-state index >= 15 is 0 Å². The van der Waals surface area contributed by atoms with Crippen molar-refractivity contribution in [1.29, 1.82) is 5.26 Å². The van der Waals surface area contributed by atoms with Crippen LogP contribution < -0.4 is 15.4 Å². The van der Waals surface area contributed by atoms with Crippen LogP contribution in [-0.4, -0.2) is 19.2 Å². The number of nitriles is 1. The third-order valence-electron chi connectivity index (χ3n) is 6.36. The van der Waals surface area contributed by atoms with Crippen LogP contribution in [0.5, 0.6) is 5.75 Å². The molecule has 4 rings (SSSR count). The van der Waals surface area contributed by atoms with Crippen LogP contribution in [0.1, 0.15) is 49.7 Å². The van der Waals surface area contributed by atoms with E-state index in [1.54, 1.807) is 0 Å². The summed E-state index contributed by atoms with van der Waals surface area (Å²) in [5, 5.41) is 15.8. The normalized spacial score (nSPS) is 16.6. The molecule has 2 aromatic rings. The number of hydrogen-bond donors (Lipinski definition) is 2. The summed E-state index contributed by atoms with van der Waals surface area (Å²) in [6.45, 7) is 7.89. The zero-order chi connectivity index (χ0) is 24.1. The molecule has 6 nitrogen and oxygen atoms in total. The fourth-order valence-corrected chi connectivity index (χ4v) is 3.80. The van der Waals surface area contributed by atoms with Gasteiger partial charge in [-0.05, 0) is 99.7 Å². The standard InChI is InChI=1S/C28H30N4O2/c1-4-5-7-21(30-3)17-34-22-12-13-26(23(16-22)20-10-11-20)31-24-8-6-9-25(19(24)2)32-27(33)28(18-29)14-15-28/h4-9,12-13,16,20,31H,3,10-11,14-15,17H2,1-2H3,(H,32,33)/b5-4-,21-7-. The minimum absolute atomic E-state index is 0.215. The van der Waals surface area contributed by atoms with Crippen molar-refractivity contribution < 1.29 is 9.53 Å². The average Bonchev–Trinajstić information content (AvgIpc) is 3.76. The molecule has 2 aliphatic carbocycles. The van der Waals surface area contributed by atoms with E-state index in [1.165, 1.54) is 5.56 Å². The van der Waals surface area contributed by atoms with Crippen LogP contribution in [0.4, 0.5) is 17.1 Å². The quantitative estimate of drug-likeness (QED) is 0.321. The number of hydrogen-bond acceptors (Lipinski definition) is 5. The maximum absolute atomic E-state index is 12.5. The summed E-state index contributed by atoms with van der Waals surface area (Å²) in [5.74, 6) is 1.09. The van der Waals surface area contributed by atoms with Crippen molar-refractivity contribution in [3.8, 4) is 11.8 Å². The lowest BCUT2D eigenvalue weighted by Crippen LogP contribution is -2.23. The summed E-state index contributed by atoms with van der Waals surface area (Å²) >= 11 is 0. The minimum Gasteiger partial charge on any atom is -0.487 e. The first kappa shape index (κ1) is 23.3. The molecule has 0 bridgehead atoms. The topological polar surface area (TPSA) is 86.5 Å². The van der Waals surface area contributed by atoms with Crippen molar-refractivity contribution >= 4 is 29.7 Å². The average molecular weight is 455 g/mol. The number of nitrogens with zero attached hydrogens (tertiary/aromatic N) is 2. The smallest absolute Gasteiger partial charge is 0.244 e. The van der Waals surface area contributed by atoms with E-state index in [9.17, 15) is 10.1 Å². The number of allylic oxidation sites excluding steroid dienone is 3. The van der Waals surface area contributed by atoms with Crippen molar-refractivity contribution in [2.75, 3.05) is 17.2 Å². The predicted molar refractivity (Wildman–Crippen MR) is 137 cm³/mol. The molecule has 0 heterocycles. The monoisotopic (exact) mass is 454 g/mol. The SMILES string of the molecule is C=N/C(=C\C=C/C)COc1ccc(Nc2cccc(NC(=O)C3(C#N)CC3)c2C)c(C2CC2)c1. The molecule has 2 saturated carbocycles. The first-order valence-electron chi connectivity index (χ1n) is 11.6. The van der Waals surface area contributed by atoms with Crippen molar-refractivity contribution in [2.24, 2.45) is 10.4 Å². The largest absolute Gasteiger partial charge is 0.487 e. The third-order valence-corrected chi connectivity index (χ3v) is 6.36. The number of benzene rings is 2. The van der Waals surface area contributed by atoms with Crippen LogP contribution in [-0.2, 0) is 4.79 Å². The van der Waals surface area contributed by atoms with Crippen LogP contribution in [0.25, 0.3) is 0 Å². The number of anilines is 3. The van der Waals surface area contributed by atoms with E-state index in [0.29, 0.717) is 25.4 Å². The Morgan fingerprint density at radius 2 is 2.03 bits per heavy atom. The number of carbonyl (C=O) groups excluding carboxylic acids is 1. The molecule has 0 saturated heterocycles. The summed E-state index contributed by atoms with van der Waals surface area (Å²) in [6.07, 6.45) is 9.31. The molecule has 2 N–H and O–H groups in total. The Morgan fingerprint density at radius 3 is 2.68 bits per heavy atom. The number of nitrogens with one attached hydrogen (secondary N) is 2. The van der Waals surface area contributed by atoms with Gasteiger partial charge in [-0.25, -0.2) is 0 Å². The number of carbonyl (C=O) groups is 1. The zero-order valence-electron chi connectivity index (χ0n) is 19.7. The van der Waals surface area contributed by atoms with Gasteiger partial charge in [-0.1, -0.05) is 18.2 Å². The van der Waals surface area contributed by atoms with Gasteiger partial charge >= 0.3 is 0 Å². The van der Waals surface area contributed by atoms with E-state index < -0.39 is 5.41 Å². The van der Waals surface area contributed by atoms with Gasteiger partial charge in [-0.15, -0.1) is 0 Å². The lowest BCUT2D eigenvalue weighted by molar-refractivity contribution is -0.119. The van der Waals surface area contributed by atoms with E-state index in [1.807, 2.05) is 62.4 Å². The second-order valence-corrected chi connectivity index (χ2v) is 8.91. The highest BCUT2D eigenvalue weighted by Gasteiger charge is 2.50. The Hall–Kier alpha value is -3.85. The van der Waals surface area contributed by atoms with Crippen molar-refractivity contribution in [3.63, 3.8) is 0 Å². The van der Waals surface area contributed by atoms with Gasteiger partial charge in [-0.2, -0.15) is 5.26 Å². The molecular weight excluding hydrogens is 424 g/mol. The Bertz CT molecular complexity index is 1200. The van der Waals surface area contributed by atoms with Gasteiger partial charge in [0, 0.05) is 17.1 Å². The van der Waals surface area contributed by atoms with Crippen molar-refractivity contribution in [2.45, 2.75) is 45.4 Å². The van der Waals surface area contributed by atoms with Crippen LogP contribution in [0, 0.1) is 23.7 Å². The van der Waals surface area contributed by atoms with Gasteiger partial charge in [0.05, 0.1) is 11.8 Å². The first-order valence-corrected chi connectivity index (χ1v) is 11.6. The molecule has 6 heteroatoms. The van der Waals surface area contributed by atoms with Crippen molar-refractivity contribution in [1.82, 2.24) is 0 Å². The molecule has 1 amide bonds. The maximum atomic E-state index is 12.5. The summed E-state index contributed by atoms with van der Waals surface area (Å²) in [5.41, 5.74) is 4.74. The zero-order valence-corrected chi connectivity index (χ0v) is 19.7. The summed E-state index contributed by atoms with van der Waals surface area (Å²) in [7, 11) is 0. The number of amides is 1. The van der Waals surface area contributed by atoms with E-state index in [4.69, 9.17) is 4.74 Å². The van der Waals surface area contributed by atoms with E-state index in [0.717, 1.165) is 46.9 Å². The fraction of sp³-hybridized carbons (Fsp3) is 0.321. The third kappa shape index (κ3) is 5.20. The molecule has 0 spiro atoms. The van der Waals surface area contributed by atoms with Gasteiger partial charge in [0.25, 0.3) is 0 Å². The molecule has 0 unspecified atom stereocenters. The highest BCUT2D eigenvalue weighted by Crippen LogP contribution is 2.47. The second-order valence-electron chi connectivity index (χ2n) is 8.91. The van der Waals surface area contributed by atoms with Gasteiger partial charge in [0.2, 0.25) is 5.91 Å². The summed E-state index contributed by atoms with van der Waals surface area (Å²) in [4.78, 5) is 16.6. The minimum atomic E-state index is -0.853. The van der Waals surface area contributed by atoms with Crippen LogP contribution in [0.2, 0.25) is 0 Å². The Morgan fingerprint density at radius 1 is 1.26 bits per heavy atom. The molecule has 0 radical (unpaired) electrons. The lowest BCUT2D eigenvalue weighted by Gasteiger charge is -2.18. The van der Waals surface area contributed by atoms with Gasteiger partial charge in [0.15, 0.2) is 0 Å². The molecule has 174 valence electrons. The van der Waals surface area contributed by atoms with Crippen LogP contribution in [0.15, 0.2) is 65.3 Å². The fourth-order valence-electron chi connectivity index (χ4n) is 3.80. The van der Waals surface area contributed by atoms with Gasteiger partial charge < -0.3 is 15.4 Å². The second kappa shape index (κ2) is 9.96. The number of ether oxygens (including phenoxy) is 1. The number of rotatable bonds is 10. The molecular formula is C28H30N4O2. The summed E-state index contributed by atoms with van der Waals surface area (Å²) < 4.78 is 5.98. The molecule has 0 aliphatic heterocycles. The van der Waals surface area contributed by atoms with E-state index in [2.05, 4.69) is 34.5 Å². The summed E-state index contributed by atoms with van der Waals surface area (Å²) in [6, 6.07) is 14.0. The number of aliphatic imine (C=N–C) groups is 1. The molecule has 2 fully saturated rings. The van der Waals surface area contributed by atoms with Gasteiger partial charge in [-0.3, -0.25) is 9.79 Å². The lowest BCUT2D eigenvalue weighted by atomic mass is 10.1.